The fourth-order valence-corrected chi connectivity index (χ4v) is 2.25. The summed E-state index contributed by atoms with van der Waals surface area (Å²) in [7, 11) is 1.99. The van der Waals surface area contributed by atoms with Crippen molar-refractivity contribution in [1.29, 1.82) is 0 Å². The molecule has 2 heterocycles. The van der Waals surface area contributed by atoms with Gasteiger partial charge in [-0.15, -0.1) is 0 Å². The maximum absolute atomic E-state index is 4.52. The molecule has 0 aromatic carbocycles. The molecule has 0 amide bonds. The summed E-state index contributed by atoms with van der Waals surface area (Å²) in [5, 5.41) is 3.25. The minimum atomic E-state index is 0.245. The molecule has 0 radical (unpaired) electrons. The molecule has 1 saturated carbocycles. The van der Waals surface area contributed by atoms with Gasteiger partial charge >= 0.3 is 0 Å². The van der Waals surface area contributed by atoms with E-state index in [0.717, 1.165) is 23.6 Å². The quantitative estimate of drug-likeness (QED) is 0.837. The molecule has 4 heteroatoms. The van der Waals surface area contributed by atoms with E-state index in [1.807, 2.05) is 31.6 Å². The van der Waals surface area contributed by atoms with Crippen molar-refractivity contribution in [2.75, 3.05) is 13.6 Å². The first-order valence-electron chi connectivity index (χ1n) is 5.95. The highest BCUT2D eigenvalue weighted by Gasteiger charge is 2.46. The number of nitrogens with one attached hydrogen (secondary N) is 2. The van der Waals surface area contributed by atoms with E-state index in [-0.39, 0.29) is 5.41 Å². The topological polar surface area (TPSA) is 53.6 Å². The third kappa shape index (κ3) is 1.85. The van der Waals surface area contributed by atoms with Crippen LogP contribution < -0.4 is 5.32 Å². The fourth-order valence-electron chi connectivity index (χ4n) is 2.25. The van der Waals surface area contributed by atoms with Gasteiger partial charge in [0.15, 0.2) is 0 Å². The molecule has 17 heavy (non-hydrogen) atoms. The SMILES string of the molecule is CNCC1(c2ncc(-c3cccnc3)[nH]2)CC1. The van der Waals surface area contributed by atoms with Gasteiger partial charge in [0.1, 0.15) is 5.82 Å². The monoisotopic (exact) mass is 228 g/mol. The highest BCUT2D eigenvalue weighted by molar-refractivity contribution is 5.57. The van der Waals surface area contributed by atoms with Crippen LogP contribution in [0.5, 0.6) is 0 Å². The fraction of sp³-hybridized carbons (Fsp3) is 0.385. The molecule has 0 atom stereocenters. The zero-order chi connectivity index (χ0) is 11.7. The molecular weight excluding hydrogens is 212 g/mol. The Morgan fingerprint density at radius 1 is 1.41 bits per heavy atom. The predicted molar refractivity (Wildman–Crippen MR) is 66.7 cm³/mol. The lowest BCUT2D eigenvalue weighted by Gasteiger charge is -2.10. The molecule has 0 unspecified atom stereocenters. The molecule has 1 aliphatic carbocycles. The van der Waals surface area contributed by atoms with Gasteiger partial charge in [0.2, 0.25) is 0 Å². The summed E-state index contributed by atoms with van der Waals surface area (Å²) >= 11 is 0. The van der Waals surface area contributed by atoms with E-state index in [9.17, 15) is 0 Å². The molecule has 1 fully saturated rings. The number of nitrogens with zero attached hydrogens (tertiary/aromatic N) is 2. The number of hydrogen-bond acceptors (Lipinski definition) is 3. The lowest BCUT2D eigenvalue weighted by atomic mass is 10.1. The Bertz CT molecular complexity index is 499. The third-order valence-corrected chi connectivity index (χ3v) is 3.42. The van der Waals surface area contributed by atoms with Crippen molar-refractivity contribution >= 4 is 0 Å². The first-order chi connectivity index (χ1) is 8.34. The smallest absolute Gasteiger partial charge is 0.114 e. The first-order valence-corrected chi connectivity index (χ1v) is 5.95. The second kappa shape index (κ2) is 3.96. The van der Waals surface area contributed by atoms with Gasteiger partial charge in [0.25, 0.3) is 0 Å². The van der Waals surface area contributed by atoms with Gasteiger partial charge in [-0.3, -0.25) is 4.98 Å². The summed E-state index contributed by atoms with van der Waals surface area (Å²) in [6.07, 6.45) is 7.98. The first kappa shape index (κ1) is 10.5. The number of likely N-dealkylation sites (N-methyl/N-ethyl adjacent to an activating group) is 1. The molecule has 3 rings (SSSR count). The number of rotatable bonds is 4. The summed E-state index contributed by atoms with van der Waals surface area (Å²) in [6, 6.07) is 3.98. The zero-order valence-corrected chi connectivity index (χ0v) is 9.90. The number of aromatic nitrogens is 3. The van der Waals surface area contributed by atoms with E-state index < -0.39 is 0 Å². The van der Waals surface area contributed by atoms with Crippen molar-refractivity contribution in [2.24, 2.45) is 0 Å². The Morgan fingerprint density at radius 2 is 2.29 bits per heavy atom. The summed E-state index contributed by atoms with van der Waals surface area (Å²) in [4.78, 5) is 12.1. The lowest BCUT2D eigenvalue weighted by Crippen LogP contribution is -2.24. The van der Waals surface area contributed by atoms with Gasteiger partial charge in [-0.25, -0.2) is 4.98 Å². The molecule has 0 spiro atoms. The molecule has 0 bridgehead atoms. The van der Waals surface area contributed by atoms with Crippen molar-refractivity contribution in [3.8, 4) is 11.3 Å². The second-order valence-electron chi connectivity index (χ2n) is 4.70. The lowest BCUT2D eigenvalue weighted by molar-refractivity contribution is 0.594. The van der Waals surface area contributed by atoms with Gasteiger partial charge in [-0.05, 0) is 32.0 Å². The molecule has 0 aliphatic heterocycles. The Morgan fingerprint density at radius 3 is 2.94 bits per heavy atom. The second-order valence-corrected chi connectivity index (χ2v) is 4.70. The van der Waals surface area contributed by atoms with Crippen LogP contribution in [0, 0.1) is 0 Å². The summed E-state index contributed by atoms with van der Waals surface area (Å²) < 4.78 is 0. The maximum Gasteiger partial charge on any atom is 0.114 e. The van der Waals surface area contributed by atoms with Crippen LogP contribution in [-0.2, 0) is 5.41 Å². The van der Waals surface area contributed by atoms with Crippen LogP contribution in [0.2, 0.25) is 0 Å². The number of aromatic amines is 1. The van der Waals surface area contributed by atoms with Crippen molar-refractivity contribution in [2.45, 2.75) is 18.3 Å². The minimum Gasteiger partial charge on any atom is -0.341 e. The van der Waals surface area contributed by atoms with E-state index in [1.54, 1.807) is 6.20 Å². The Balaban J connectivity index is 1.89. The van der Waals surface area contributed by atoms with Crippen molar-refractivity contribution < 1.29 is 0 Å². The van der Waals surface area contributed by atoms with Gasteiger partial charge in [-0.1, -0.05) is 0 Å². The van der Waals surface area contributed by atoms with Crippen LogP contribution in [0.1, 0.15) is 18.7 Å². The average Bonchev–Trinajstić information content (AvgIpc) is 2.98. The van der Waals surface area contributed by atoms with Crippen molar-refractivity contribution in [1.82, 2.24) is 20.3 Å². The largest absolute Gasteiger partial charge is 0.341 e. The molecular formula is C13H16N4. The highest BCUT2D eigenvalue weighted by Crippen LogP contribution is 2.46. The summed E-state index contributed by atoms with van der Waals surface area (Å²) in [5.41, 5.74) is 2.39. The van der Waals surface area contributed by atoms with E-state index >= 15 is 0 Å². The number of imidazole rings is 1. The van der Waals surface area contributed by atoms with Crippen molar-refractivity contribution in [3.63, 3.8) is 0 Å². The molecule has 2 aromatic rings. The van der Waals surface area contributed by atoms with Crippen LogP contribution in [0.25, 0.3) is 11.3 Å². The van der Waals surface area contributed by atoms with Crippen LogP contribution in [0.4, 0.5) is 0 Å². The number of H-pyrrole nitrogens is 1. The van der Waals surface area contributed by atoms with E-state index in [1.165, 1.54) is 12.8 Å². The Labute approximate surface area is 101 Å². The summed E-state index contributed by atoms with van der Waals surface area (Å²) in [6.45, 7) is 0.993. The molecule has 88 valence electrons. The number of hydrogen-bond donors (Lipinski definition) is 2. The Kier molecular flexibility index (Phi) is 2.44. The minimum absolute atomic E-state index is 0.245. The normalized spacial score (nSPS) is 17.0. The highest BCUT2D eigenvalue weighted by atomic mass is 15.0. The van der Waals surface area contributed by atoms with Gasteiger partial charge in [0, 0.05) is 29.9 Å². The van der Waals surface area contributed by atoms with Crippen LogP contribution in [0.3, 0.4) is 0 Å². The summed E-state index contributed by atoms with van der Waals surface area (Å²) in [5.74, 6) is 1.10. The number of pyridine rings is 1. The average molecular weight is 228 g/mol. The van der Waals surface area contributed by atoms with Crippen LogP contribution >= 0.6 is 0 Å². The maximum atomic E-state index is 4.52. The van der Waals surface area contributed by atoms with Gasteiger partial charge in [-0.2, -0.15) is 0 Å². The molecule has 2 N–H and O–H groups in total. The zero-order valence-electron chi connectivity index (χ0n) is 9.90. The molecule has 4 nitrogen and oxygen atoms in total. The third-order valence-electron chi connectivity index (χ3n) is 3.42. The standard InChI is InChI=1S/C13H16N4/c1-14-9-13(4-5-13)12-16-8-11(17-12)10-3-2-6-15-7-10/h2-3,6-8,14H,4-5,9H2,1H3,(H,16,17). The molecule has 1 aliphatic rings. The molecule has 0 saturated heterocycles. The van der Waals surface area contributed by atoms with Crippen molar-refractivity contribution in [3.05, 3.63) is 36.5 Å². The Hall–Kier alpha value is -1.68. The van der Waals surface area contributed by atoms with Gasteiger partial charge in [0.05, 0.1) is 11.9 Å². The van der Waals surface area contributed by atoms with E-state index in [4.69, 9.17) is 0 Å². The van der Waals surface area contributed by atoms with E-state index in [0.29, 0.717) is 0 Å². The predicted octanol–water partition coefficient (Wildman–Crippen LogP) is 1.72. The van der Waals surface area contributed by atoms with Gasteiger partial charge < -0.3 is 10.3 Å². The van der Waals surface area contributed by atoms with Crippen LogP contribution in [0.15, 0.2) is 30.7 Å². The molecule has 2 aromatic heterocycles. The van der Waals surface area contributed by atoms with E-state index in [2.05, 4.69) is 20.3 Å². The van der Waals surface area contributed by atoms with Crippen LogP contribution in [-0.4, -0.2) is 28.5 Å².